The number of amides is 1. The van der Waals surface area contributed by atoms with Crippen molar-refractivity contribution in [2.75, 3.05) is 13.7 Å². The second kappa shape index (κ2) is 4.49. The van der Waals surface area contributed by atoms with Gasteiger partial charge in [0.2, 0.25) is 5.91 Å². The summed E-state index contributed by atoms with van der Waals surface area (Å²) in [6.45, 7) is 3.67. The van der Waals surface area contributed by atoms with Crippen molar-refractivity contribution in [3.63, 3.8) is 0 Å². The highest BCUT2D eigenvalue weighted by Gasteiger charge is 2.36. The van der Waals surface area contributed by atoms with Crippen molar-refractivity contribution in [3.05, 3.63) is 0 Å². The fraction of sp³-hybridized carbons (Fsp3) is 0.909. The third-order valence-corrected chi connectivity index (χ3v) is 3.51. The van der Waals surface area contributed by atoms with E-state index in [0.29, 0.717) is 0 Å². The third kappa shape index (κ3) is 2.49. The van der Waals surface area contributed by atoms with Crippen LogP contribution in [-0.4, -0.2) is 41.1 Å². The van der Waals surface area contributed by atoms with E-state index < -0.39 is 5.54 Å². The molecule has 4 nitrogen and oxygen atoms in total. The van der Waals surface area contributed by atoms with Crippen LogP contribution in [0.4, 0.5) is 0 Å². The Bertz CT molecular complexity index is 241. The summed E-state index contributed by atoms with van der Waals surface area (Å²) in [5, 5.41) is 9.20. The Morgan fingerprint density at radius 2 is 2.13 bits per heavy atom. The van der Waals surface area contributed by atoms with Gasteiger partial charge in [-0.3, -0.25) is 4.79 Å². The number of likely N-dealkylation sites (N-methyl/N-ethyl adjacent to an activating group) is 1. The molecule has 2 unspecified atom stereocenters. The van der Waals surface area contributed by atoms with E-state index >= 15 is 0 Å². The topological polar surface area (TPSA) is 66.6 Å². The van der Waals surface area contributed by atoms with Gasteiger partial charge < -0.3 is 15.7 Å². The molecule has 1 rings (SSSR count). The van der Waals surface area contributed by atoms with Crippen LogP contribution in [0.3, 0.4) is 0 Å². The van der Waals surface area contributed by atoms with E-state index in [1.807, 2.05) is 13.8 Å². The Kier molecular flexibility index (Phi) is 3.73. The Hall–Kier alpha value is -0.610. The molecule has 0 radical (unpaired) electrons. The molecular formula is C11H22N2O2. The number of nitrogens with two attached hydrogens (primary N) is 1. The van der Waals surface area contributed by atoms with E-state index in [9.17, 15) is 9.90 Å². The average molecular weight is 214 g/mol. The molecule has 0 saturated heterocycles. The van der Waals surface area contributed by atoms with Crippen LogP contribution >= 0.6 is 0 Å². The molecule has 15 heavy (non-hydrogen) atoms. The van der Waals surface area contributed by atoms with Gasteiger partial charge in [-0.15, -0.1) is 0 Å². The van der Waals surface area contributed by atoms with Gasteiger partial charge in [-0.2, -0.15) is 0 Å². The zero-order valence-corrected chi connectivity index (χ0v) is 9.86. The lowest BCUT2D eigenvalue weighted by atomic mass is 9.98. The third-order valence-electron chi connectivity index (χ3n) is 3.51. The first-order valence-corrected chi connectivity index (χ1v) is 5.54. The molecule has 0 aromatic heterocycles. The van der Waals surface area contributed by atoms with Gasteiger partial charge in [0.05, 0.1) is 18.1 Å². The van der Waals surface area contributed by atoms with Gasteiger partial charge in [0.1, 0.15) is 0 Å². The lowest BCUT2D eigenvalue weighted by molar-refractivity contribution is -0.140. The highest BCUT2D eigenvalue weighted by molar-refractivity contribution is 5.80. The second-order valence-corrected chi connectivity index (χ2v) is 5.07. The molecule has 1 aliphatic rings. The standard InChI is InChI=1S/C11H22N2O2/c1-11(2,7-14)13(3)10(15)8-5-4-6-9(8)12/h8-9,14H,4-7,12H2,1-3H3. The molecule has 1 saturated carbocycles. The minimum absolute atomic E-state index is 0.00515. The highest BCUT2D eigenvalue weighted by atomic mass is 16.3. The molecule has 2 atom stereocenters. The summed E-state index contributed by atoms with van der Waals surface area (Å²) in [5.74, 6) is 0.0138. The van der Waals surface area contributed by atoms with Crippen molar-refractivity contribution >= 4 is 5.91 Å². The Labute approximate surface area is 91.4 Å². The summed E-state index contributed by atoms with van der Waals surface area (Å²) in [6.07, 6.45) is 2.85. The van der Waals surface area contributed by atoms with Gasteiger partial charge in [-0.25, -0.2) is 0 Å². The largest absolute Gasteiger partial charge is 0.394 e. The molecule has 4 heteroatoms. The molecule has 1 aliphatic carbocycles. The van der Waals surface area contributed by atoms with Crippen molar-refractivity contribution in [1.29, 1.82) is 0 Å². The van der Waals surface area contributed by atoms with E-state index in [-0.39, 0.29) is 24.5 Å². The predicted octanol–water partition coefficient (Wildman–Crippen LogP) is 0.343. The van der Waals surface area contributed by atoms with Crippen molar-refractivity contribution in [2.24, 2.45) is 11.7 Å². The molecule has 1 fully saturated rings. The maximum atomic E-state index is 12.1. The van der Waals surface area contributed by atoms with E-state index in [0.717, 1.165) is 19.3 Å². The first-order valence-electron chi connectivity index (χ1n) is 5.54. The summed E-state index contributed by atoms with van der Waals surface area (Å²) in [5.41, 5.74) is 5.39. The van der Waals surface area contributed by atoms with Crippen molar-refractivity contribution in [2.45, 2.75) is 44.7 Å². The lowest BCUT2D eigenvalue weighted by Crippen LogP contribution is -2.51. The number of hydrogen-bond acceptors (Lipinski definition) is 3. The molecule has 0 heterocycles. The first kappa shape index (κ1) is 12.5. The first-order chi connectivity index (χ1) is 6.90. The van der Waals surface area contributed by atoms with Gasteiger partial charge in [0.25, 0.3) is 0 Å². The van der Waals surface area contributed by atoms with Crippen LogP contribution in [0.2, 0.25) is 0 Å². The smallest absolute Gasteiger partial charge is 0.227 e. The van der Waals surface area contributed by atoms with Gasteiger partial charge in [0, 0.05) is 13.1 Å². The molecule has 0 aliphatic heterocycles. The molecule has 88 valence electrons. The van der Waals surface area contributed by atoms with Gasteiger partial charge in [-0.05, 0) is 26.7 Å². The van der Waals surface area contributed by atoms with Crippen LogP contribution in [0.15, 0.2) is 0 Å². The van der Waals surface area contributed by atoms with Crippen LogP contribution in [0, 0.1) is 5.92 Å². The summed E-state index contributed by atoms with van der Waals surface area (Å²) in [6, 6.07) is -0.00515. The zero-order chi connectivity index (χ0) is 11.6. The van der Waals surface area contributed by atoms with Crippen LogP contribution in [-0.2, 0) is 4.79 Å². The number of rotatable bonds is 3. The highest BCUT2D eigenvalue weighted by Crippen LogP contribution is 2.27. The average Bonchev–Trinajstić information content (AvgIpc) is 2.62. The molecule has 0 aromatic carbocycles. The number of nitrogens with zero attached hydrogens (tertiary/aromatic N) is 1. The maximum absolute atomic E-state index is 12.1. The molecule has 1 amide bonds. The summed E-state index contributed by atoms with van der Waals surface area (Å²) < 4.78 is 0. The molecule has 3 N–H and O–H groups in total. The normalized spacial score (nSPS) is 26.7. The van der Waals surface area contributed by atoms with Crippen molar-refractivity contribution in [1.82, 2.24) is 4.90 Å². The Morgan fingerprint density at radius 1 is 1.53 bits per heavy atom. The van der Waals surface area contributed by atoms with Crippen molar-refractivity contribution < 1.29 is 9.90 Å². The minimum Gasteiger partial charge on any atom is -0.394 e. The predicted molar refractivity (Wildman–Crippen MR) is 59.3 cm³/mol. The molecule has 0 spiro atoms. The van der Waals surface area contributed by atoms with Crippen molar-refractivity contribution in [3.8, 4) is 0 Å². The van der Waals surface area contributed by atoms with Crippen LogP contribution in [0.1, 0.15) is 33.1 Å². The number of aliphatic hydroxyl groups is 1. The van der Waals surface area contributed by atoms with Gasteiger partial charge in [-0.1, -0.05) is 6.42 Å². The second-order valence-electron chi connectivity index (χ2n) is 5.07. The molecule has 0 aromatic rings. The number of carbonyl (C=O) groups excluding carboxylic acids is 1. The fourth-order valence-corrected chi connectivity index (χ4v) is 1.95. The SMILES string of the molecule is CN(C(=O)C1CCCC1N)C(C)(C)CO. The zero-order valence-electron chi connectivity index (χ0n) is 9.86. The molecule has 0 bridgehead atoms. The van der Waals surface area contributed by atoms with E-state index in [4.69, 9.17) is 5.73 Å². The van der Waals surface area contributed by atoms with E-state index in [2.05, 4.69) is 0 Å². The van der Waals surface area contributed by atoms with Crippen LogP contribution in [0.5, 0.6) is 0 Å². The fourth-order valence-electron chi connectivity index (χ4n) is 1.95. The lowest BCUT2D eigenvalue weighted by Gasteiger charge is -2.36. The van der Waals surface area contributed by atoms with Gasteiger partial charge >= 0.3 is 0 Å². The van der Waals surface area contributed by atoms with E-state index in [1.165, 1.54) is 0 Å². The summed E-state index contributed by atoms with van der Waals surface area (Å²) >= 11 is 0. The number of aliphatic hydroxyl groups excluding tert-OH is 1. The van der Waals surface area contributed by atoms with E-state index in [1.54, 1.807) is 11.9 Å². The quantitative estimate of drug-likeness (QED) is 0.712. The molecular weight excluding hydrogens is 192 g/mol. The minimum atomic E-state index is -0.501. The van der Waals surface area contributed by atoms with Crippen LogP contribution in [0.25, 0.3) is 0 Å². The van der Waals surface area contributed by atoms with Gasteiger partial charge in [0.15, 0.2) is 0 Å². The maximum Gasteiger partial charge on any atom is 0.227 e. The summed E-state index contributed by atoms with van der Waals surface area (Å²) in [7, 11) is 1.74. The summed E-state index contributed by atoms with van der Waals surface area (Å²) in [4.78, 5) is 13.7. The monoisotopic (exact) mass is 214 g/mol. The number of carbonyl (C=O) groups is 1. The van der Waals surface area contributed by atoms with Crippen LogP contribution < -0.4 is 5.73 Å². The Balaban J connectivity index is 2.67. The number of hydrogen-bond donors (Lipinski definition) is 2. The Morgan fingerprint density at radius 3 is 2.53 bits per heavy atom.